The first-order valence-corrected chi connectivity index (χ1v) is 7.43. The Bertz CT molecular complexity index is 579. The van der Waals surface area contributed by atoms with Crippen LogP contribution in [0.5, 0.6) is 0 Å². The predicted molar refractivity (Wildman–Crippen MR) is 74.5 cm³/mol. The number of carbonyl (C=O) groups is 1. The van der Waals surface area contributed by atoms with E-state index in [1.165, 1.54) is 0 Å². The topological polar surface area (TPSA) is 55.6 Å². The highest BCUT2D eigenvalue weighted by molar-refractivity contribution is 7.09. The number of ether oxygens (including phenoxy) is 1. The fraction of sp³-hybridized carbons (Fsp3) is 0.429. The van der Waals surface area contributed by atoms with Crippen molar-refractivity contribution in [3.63, 3.8) is 0 Å². The maximum Gasteiger partial charge on any atom is 0.230 e. The molecule has 1 saturated heterocycles. The molecule has 0 aliphatic carbocycles. The van der Waals surface area contributed by atoms with Crippen molar-refractivity contribution >= 4 is 17.2 Å². The molecular formula is C14H16N2O3S. The van der Waals surface area contributed by atoms with Crippen molar-refractivity contribution in [1.29, 1.82) is 0 Å². The number of hydrogen-bond donors (Lipinski definition) is 0. The molecule has 3 heterocycles. The molecule has 20 heavy (non-hydrogen) atoms. The van der Waals surface area contributed by atoms with Crippen LogP contribution in [0.4, 0.5) is 0 Å². The van der Waals surface area contributed by atoms with E-state index in [4.69, 9.17) is 9.15 Å². The van der Waals surface area contributed by atoms with Crippen molar-refractivity contribution in [2.45, 2.75) is 19.4 Å². The van der Waals surface area contributed by atoms with Crippen LogP contribution in [0.1, 0.15) is 22.5 Å². The van der Waals surface area contributed by atoms with Crippen LogP contribution in [0, 0.1) is 6.92 Å². The van der Waals surface area contributed by atoms with Gasteiger partial charge in [0.2, 0.25) is 5.91 Å². The fourth-order valence-electron chi connectivity index (χ4n) is 2.34. The smallest absolute Gasteiger partial charge is 0.230 e. The van der Waals surface area contributed by atoms with E-state index in [0.29, 0.717) is 25.5 Å². The Hall–Kier alpha value is -1.66. The molecule has 0 radical (unpaired) electrons. The lowest BCUT2D eigenvalue weighted by molar-refractivity contribution is -0.139. The molecule has 1 fully saturated rings. The first kappa shape index (κ1) is 13.3. The molecule has 2 aromatic heterocycles. The highest BCUT2D eigenvalue weighted by atomic mass is 32.1. The van der Waals surface area contributed by atoms with E-state index in [9.17, 15) is 4.79 Å². The van der Waals surface area contributed by atoms with Gasteiger partial charge in [0, 0.05) is 11.9 Å². The van der Waals surface area contributed by atoms with Gasteiger partial charge in [0.05, 0.1) is 42.6 Å². The van der Waals surface area contributed by atoms with Gasteiger partial charge in [-0.05, 0) is 19.1 Å². The second-order valence-corrected chi connectivity index (χ2v) is 5.79. The Morgan fingerprint density at radius 2 is 2.50 bits per heavy atom. The second kappa shape index (κ2) is 5.76. The lowest BCUT2D eigenvalue weighted by Gasteiger charge is -2.34. The summed E-state index contributed by atoms with van der Waals surface area (Å²) >= 11 is 1.59. The molecule has 2 aromatic rings. The Morgan fingerprint density at radius 3 is 3.20 bits per heavy atom. The molecule has 0 unspecified atom stereocenters. The summed E-state index contributed by atoms with van der Waals surface area (Å²) in [6.07, 6.45) is 1.87. The highest BCUT2D eigenvalue weighted by Crippen LogP contribution is 2.26. The van der Waals surface area contributed by atoms with E-state index in [1.54, 1.807) is 23.7 Å². The van der Waals surface area contributed by atoms with Gasteiger partial charge in [-0.15, -0.1) is 11.3 Å². The van der Waals surface area contributed by atoms with Crippen molar-refractivity contribution in [3.8, 4) is 0 Å². The van der Waals surface area contributed by atoms with E-state index < -0.39 is 0 Å². The summed E-state index contributed by atoms with van der Waals surface area (Å²) in [5.41, 5.74) is 0.917. The zero-order chi connectivity index (χ0) is 13.9. The van der Waals surface area contributed by atoms with Crippen LogP contribution in [0.25, 0.3) is 0 Å². The summed E-state index contributed by atoms with van der Waals surface area (Å²) in [4.78, 5) is 18.8. The minimum Gasteiger partial charge on any atom is -0.469 e. The van der Waals surface area contributed by atoms with Crippen molar-refractivity contribution < 1.29 is 13.9 Å². The zero-order valence-electron chi connectivity index (χ0n) is 11.2. The van der Waals surface area contributed by atoms with Crippen LogP contribution < -0.4 is 0 Å². The molecule has 1 aliphatic heterocycles. The first-order valence-electron chi connectivity index (χ1n) is 6.55. The maximum atomic E-state index is 12.4. The number of hydrogen-bond acceptors (Lipinski definition) is 5. The SMILES string of the molecule is Cc1nc([C@@H]2COCCN2C(=O)Cc2ccco2)cs1. The van der Waals surface area contributed by atoms with Crippen LogP contribution in [0.3, 0.4) is 0 Å². The highest BCUT2D eigenvalue weighted by Gasteiger charge is 2.30. The van der Waals surface area contributed by atoms with Gasteiger partial charge in [-0.2, -0.15) is 0 Å². The third-order valence-corrected chi connectivity index (χ3v) is 4.12. The van der Waals surface area contributed by atoms with Gasteiger partial charge < -0.3 is 14.1 Å². The number of rotatable bonds is 3. The van der Waals surface area contributed by atoms with Crippen molar-refractivity contribution in [2.24, 2.45) is 0 Å². The standard InChI is InChI=1S/C14H16N2O3S/c1-10-15-12(9-20-10)13-8-18-6-4-16(13)14(17)7-11-3-2-5-19-11/h2-3,5,9,13H,4,6-8H2,1H3/t13-/m0/s1. The fourth-order valence-corrected chi connectivity index (χ4v) is 3.00. The van der Waals surface area contributed by atoms with Gasteiger partial charge in [-0.1, -0.05) is 0 Å². The van der Waals surface area contributed by atoms with Crippen LogP contribution in [0.2, 0.25) is 0 Å². The van der Waals surface area contributed by atoms with E-state index >= 15 is 0 Å². The quantitative estimate of drug-likeness (QED) is 0.870. The monoisotopic (exact) mass is 292 g/mol. The van der Waals surface area contributed by atoms with E-state index in [0.717, 1.165) is 10.7 Å². The first-order chi connectivity index (χ1) is 9.74. The summed E-state index contributed by atoms with van der Waals surface area (Å²) < 4.78 is 10.8. The molecule has 0 N–H and O–H groups in total. The number of carbonyl (C=O) groups excluding carboxylic acids is 1. The number of aryl methyl sites for hydroxylation is 1. The lowest BCUT2D eigenvalue weighted by Crippen LogP contribution is -2.44. The normalized spacial score (nSPS) is 19.2. The van der Waals surface area contributed by atoms with Gasteiger partial charge >= 0.3 is 0 Å². The van der Waals surface area contributed by atoms with E-state index in [-0.39, 0.29) is 18.4 Å². The van der Waals surface area contributed by atoms with Crippen LogP contribution in [0.15, 0.2) is 28.2 Å². The maximum absolute atomic E-state index is 12.4. The molecule has 0 saturated carbocycles. The van der Waals surface area contributed by atoms with E-state index in [1.807, 2.05) is 23.3 Å². The number of furan rings is 1. The predicted octanol–water partition coefficient (Wildman–Crippen LogP) is 2.19. The summed E-state index contributed by atoms with van der Waals surface area (Å²) in [5.74, 6) is 0.744. The average molecular weight is 292 g/mol. The van der Waals surface area contributed by atoms with Crippen LogP contribution >= 0.6 is 11.3 Å². The minimum atomic E-state index is -0.0869. The number of thiazole rings is 1. The summed E-state index contributed by atoms with van der Waals surface area (Å²) in [6.45, 7) is 3.64. The van der Waals surface area contributed by atoms with Crippen molar-refractivity contribution in [3.05, 3.63) is 40.2 Å². The van der Waals surface area contributed by atoms with Gasteiger partial charge in [0.25, 0.3) is 0 Å². The van der Waals surface area contributed by atoms with Crippen molar-refractivity contribution in [2.75, 3.05) is 19.8 Å². The molecule has 5 nitrogen and oxygen atoms in total. The molecule has 1 aliphatic rings. The Labute approximate surface area is 121 Å². The average Bonchev–Trinajstić information content (AvgIpc) is 3.10. The summed E-state index contributed by atoms with van der Waals surface area (Å²) in [5, 5.41) is 3.01. The van der Waals surface area contributed by atoms with Gasteiger partial charge in [-0.25, -0.2) is 4.98 Å². The molecule has 1 atom stereocenters. The third kappa shape index (κ3) is 2.76. The number of nitrogens with zero attached hydrogens (tertiary/aromatic N) is 2. The summed E-state index contributed by atoms with van der Waals surface area (Å²) in [7, 11) is 0. The van der Waals surface area contributed by atoms with Crippen LogP contribution in [-0.4, -0.2) is 35.5 Å². The third-order valence-electron chi connectivity index (χ3n) is 3.33. The summed E-state index contributed by atoms with van der Waals surface area (Å²) in [6, 6.07) is 3.53. The Morgan fingerprint density at radius 1 is 1.60 bits per heavy atom. The molecule has 6 heteroatoms. The number of amides is 1. The Balaban J connectivity index is 1.76. The van der Waals surface area contributed by atoms with Gasteiger partial charge in [0.15, 0.2) is 0 Å². The Kier molecular flexibility index (Phi) is 3.84. The molecule has 1 amide bonds. The molecule has 0 spiro atoms. The largest absolute Gasteiger partial charge is 0.469 e. The molecule has 3 rings (SSSR count). The van der Waals surface area contributed by atoms with Crippen LogP contribution in [-0.2, 0) is 16.0 Å². The molecule has 0 bridgehead atoms. The van der Waals surface area contributed by atoms with Gasteiger partial charge in [0.1, 0.15) is 5.76 Å². The van der Waals surface area contributed by atoms with Crippen molar-refractivity contribution in [1.82, 2.24) is 9.88 Å². The van der Waals surface area contributed by atoms with E-state index in [2.05, 4.69) is 4.98 Å². The number of morpholine rings is 1. The minimum absolute atomic E-state index is 0.0545. The molecule has 106 valence electrons. The second-order valence-electron chi connectivity index (χ2n) is 4.73. The lowest BCUT2D eigenvalue weighted by atomic mass is 10.1. The zero-order valence-corrected chi connectivity index (χ0v) is 12.1. The molecular weight excluding hydrogens is 276 g/mol. The number of aromatic nitrogens is 1. The molecule has 0 aromatic carbocycles. The van der Waals surface area contributed by atoms with Gasteiger partial charge in [-0.3, -0.25) is 4.79 Å².